The van der Waals surface area contributed by atoms with Crippen molar-refractivity contribution < 1.29 is 14.7 Å². The van der Waals surface area contributed by atoms with Crippen LogP contribution >= 0.6 is 24.0 Å². The van der Waals surface area contributed by atoms with Crippen molar-refractivity contribution in [1.29, 1.82) is 5.26 Å². The Kier molecular flexibility index (Phi) is 9.10. The number of pyridine rings is 1. The summed E-state index contributed by atoms with van der Waals surface area (Å²) in [5, 5.41) is 18.7. The number of hydrogen-bond donors (Lipinski definition) is 1. The van der Waals surface area contributed by atoms with Gasteiger partial charge < -0.3 is 14.9 Å². The SMILES string of the molecule is CCCn1c(N2CCN(CC)CC2)c(C=C2SC(=S)N(CCCC(=O)O)C2=O)c(C)c(C#N)c1=O. The summed E-state index contributed by atoms with van der Waals surface area (Å²) < 4.78 is 2.05. The molecule has 2 aliphatic heterocycles. The summed E-state index contributed by atoms with van der Waals surface area (Å²) in [5.41, 5.74) is 1.01. The predicted molar refractivity (Wildman–Crippen MR) is 142 cm³/mol. The molecule has 0 bridgehead atoms. The number of carbonyl (C=O) groups excluding carboxylic acids is 1. The Bertz CT molecular complexity index is 1150. The number of aromatic nitrogens is 1. The first-order valence-corrected chi connectivity index (χ1v) is 13.1. The number of hydrogen-bond acceptors (Lipinski definition) is 8. The van der Waals surface area contributed by atoms with Gasteiger partial charge in [-0.25, -0.2) is 0 Å². The first-order chi connectivity index (χ1) is 16.7. The number of piperazine rings is 1. The second kappa shape index (κ2) is 11.8. The third-order valence-corrected chi connectivity index (χ3v) is 7.71. The van der Waals surface area contributed by atoms with Crippen LogP contribution in [0.5, 0.6) is 0 Å². The van der Waals surface area contributed by atoms with Gasteiger partial charge >= 0.3 is 5.97 Å². The van der Waals surface area contributed by atoms with E-state index in [0.717, 1.165) is 56.7 Å². The Morgan fingerprint density at radius 3 is 2.46 bits per heavy atom. The minimum atomic E-state index is -0.920. The highest BCUT2D eigenvalue weighted by Gasteiger charge is 2.33. The van der Waals surface area contributed by atoms with Crippen molar-refractivity contribution in [2.24, 2.45) is 0 Å². The van der Waals surface area contributed by atoms with Gasteiger partial charge in [-0.3, -0.25) is 23.9 Å². The average molecular weight is 518 g/mol. The highest BCUT2D eigenvalue weighted by molar-refractivity contribution is 8.26. The van der Waals surface area contributed by atoms with E-state index in [1.807, 2.05) is 6.92 Å². The summed E-state index contributed by atoms with van der Waals surface area (Å²) in [5.74, 6) is -0.463. The van der Waals surface area contributed by atoms with Gasteiger partial charge in [-0.15, -0.1) is 0 Å². The van der Waals surface area contributed by atoms with Crippen molar-refractivity contribution in [1.82, 2.24) is 14.4 Å². The molecule has 188 valence electrons. The molecule has 0 atom stereocenters. The topological polar surface area (TPSA) is 110 Å². The minimum absolute atomic E-state index is 0.0450. The Balaban J connectivity index is 2.09. The van der Waals surface area contributed by atoms with Crippen LogP contribution < -0.4 is 10.5 Å². The number of nitriles is 1. The second-order valence-electron chi connectivity index (χ2n) is 8.56. The van der Waals surface area contributed by atoms with Crippen LogP contribution in [-0.4, -0.2) is 74.9 Å². The first-order valence-electron chi connectivity index (χ1n) is 11.8. The zero-order chi connectivity index (χ0) is 25.7. The predicted octanol–water partition coefficient (Wildman–Crippen LogP) is 2.65. The minimum Gasteiger partial charge on any atom is -0.481 e. The normalized spacial score (nSPS) is 17.9. The number of nitrogens with zero attached hydrogens (tertiary/aromatic N) is 5. The lowest BCUT2D eigenvalue weighted by molar-refractivity contribution is -0.137. The van der Waals surface area contributed by atoms with E-state index in [2.05, 4.69) is 22.8 Å². The van der Waals surface area contributed by atoms with Gasteiger partial charge in [0.05, 0.1) is 4.91 Å². The Hall–Kier alpha value is -2.68. The van der Waals surface area contributed by atoms with Crippen LogP contribution in [0.4, 0.5) is 5.82 Å². The smallest absolute Gasteiger partial charge is 0.303 e. The van der Waals surface area contributed by atoms with Crippen molar-refractivity contribution in [3.63, 3.8) is 0 Å². The van der Waals surface area contributed by atoms with Crippen LogP contribution in [0.2, 0.25) is 0 Å². The van der Waals surface area contributed by atoms with Gasteiger partial charge in [0.1, 0.15) is 21.8 Å². The van der Waals surface area contributed by atoms with Gasteiger partial charge in [-0.2, -0.15) is 5.26 Å². The van der Waals surface area contributed by atoms with Gasteiger partial charge in [-0.05, 0) is 37.9 Å². The summed E-state index contributed by atoms with van der Waals surface area (Å²) in [4.78, 5) is 43.6. The van der Waals surface area contributed by atoms with Gasteiger partial charge in [0.15, 0.2) is 0 Å². The Labute approximate surface area is 215 Å². The van der Waals surface area contributed by atoms with E-state index in [1.54, 1.807) is 17.6 Å². The number of likely N-dealkylation sites (N-methyl/N-ethyl adjacent to an activating group) is 1. The number of carbonyl (C=O) groups is 2. The molecule has 0 aromatic carbocycles. The van der Waals surface area contributed by atoms with E-state index in [4.69, 9.17) is 17.3 Å². The zero-order valence-corrected chi connectivity index (χ0v) is 22.0. The molecule has 0 spiro atoms. The number of aliphatic carboxylic acids is 1. The first kappa shape index (κ1) is 26.9. The fraction of sp³-hybridized carbons (Fsp3) is 0.542. The third kappa shape index (κ3) is 5.77. The quantitative estimate of drug-likeness (QED) is 0.390. The number of thioether (sulfide) groups is 1. The van der Waals surface area contributed by atoms with Crippen molar-refractivity contribution >= 4 is 52.1 Å². The molecule has 0 aliphatic carbocycles. The summed E-state index contributed by atoms with van der Waals surface area (Å²) in [6.45, 7) is 10.7. The monoisotopic (exact) mass is 517 g/mol. The number of anilines is 1. The fourth-order valence-electron chi connectivity index (χ4n) is 4.40. The molecule has 1 aromatic rings. The maximum atomic E-state index is 13.3. The van der Waals surface area contributed by atoms with Gasteiger partial charge in [0, 0.05) is 51.3 Å². The van der Waals surface area contributed by atoms with Crippen molar-refractivity contribution in [3.05, 3.63) is 31.9 Å². The van der Waals surface area contributed by atoms with Crippen LogP contribution in [0.15, 0.2) is 9.70 Å². The standard InChI is InChI=1S/C24H31N5O4S2/c1-4-8-28-21(27-12-10-26(5-2)11-13-27)17(16(3)18(15-25)22(28)32)14-19-23(33)29(24(34)35-19)9-6-7-20(30)31/h14H,4-13H2,1-3H3,(H,30,31). The summed E-state index contributed by atoms with van der Waals surface area (Å²) >= 11 is 6.56. The molecular formula is C24H31N5O4S2. The Morgan fingerprint density at radius 2 is 1.89 bits per heavy atom. The average Bonchev–Trinajstić information content (AvgIpc) is 3.10. The lowest BCUT2D eigenvalue weighted by Crippen LogP contribution is -2.48. The molecule has 0 unspecified atom stereocenters. The van der Waals surface area contributed by atoms with E-state index in [-0.39, 0.29) is 30.0 Å². The van der Waals surface area contributed by atoms with E-state index < -0.39 is 5.97 Å². The summed E-state index contributed by atoms with van der Waals surface area (Å²) in [6.07, 6.45) is 2.73. The molecule has 0 saturated carbocycles. The molecule has 2 saturated heterocycles. The lowest BCUT2D eigenvalue weighted by atomic mass is 10.0. The maximum absolute atomic E-state index is 13.3. The second-order valence-corrected chi connectivity index (χ2v) is 10.2. The molecular weight excluding hydrogens is 486 g/mol. The van der Waals surface area contributed by atoms with Crippen molar-refractivity contribution in [2.45, 2.75) is 46.6 Å². The summed E-state index contributed by atoms with van der Waals surface area (Å²) in [7, 11) is 0. The zero-order valence-electron chi connectivity index (χ0n) is 20.4. The van der Waals surface area contributed by atoms with Gasteiger partial charge in [-0.1, -0.05) is 37.8 Å². The van der Waals surface area contributed by atoms with Crippen LogP contribution in [0, 0.1) is 18.3 Å². The molecule has 2 fully saturated rings. The largest absolute Gasteiger partial charge is 0.481 e. The number of amides is 1. The van der Waals surface area contributed by atoms with Crippen molar-refractivity contribution in [2.75, 3.05) is 44.2 Å². The third-order valence-electron chi connectivity index (χ3n) is 6.33. The summed E-state index contributed by atoms with van der Waals surface area (Å²) in [6, 6.07) is 2.07. The van der Waals surface area contributed by atoms with Crippen LogP contribution in [0.25, 0.3) is 6.08 Å². The highest BCUT2D eigenvalue weighted by Crippen LogP contribution is 2.36. The molecule has 3 rings (SSSR count). The van der Waals surface area contributed by atoms with Gasteiger partial charge in [0.25, 0.3) is 11.5 Å². The molecule has 0 radical (unpaired) electrons. The molecule has 1 amide bonds. The number of carboxylic acid groups (broad SMARTS) is 1. The van der Waals surface area contributed by atoms with E-state index in [1.165, 1.54) is 4.90 Å². The van der Waals surface area contributed by atoms with Crippen LogP contribution in [0.3, 0.4) is 0 Å². The van der Waals surface area contributed by atoms with Crippen LogP contribution in [0.1, 0.15) is 49.8 Å². The number of thiocarbonyl (C=S) groups is 1. The van der Waals surface area contributed by atoms with E-state index in [9.17, 15) is 19.6 Å². The molecule has 9 nitrogen and oxygen atoms in total. The number of carboxylic acids is 1. The lowest BCUT2D eigenvalue weighted by Gasteiger charge is -2.37. The van der Waals surface area contributed by atoms with Crippen LogP contribution in [-0.2, 0) is 16.1 Å². The molecule has 3 heterocycles. The molecule has 2 aliphatic rings. The van der Waals surface area contributed by atoms with Crippen molar-refractivity contribution in [3.8, 4) is 6.07 Å². The maximum Gasteiger partial charge on any atom is 0.303 e. The van der Waals surface area contributed by atoms with Gasteiger partial charge in [0.2, 0.25) is 0 Å². The number of rotatable bonds is 9. The molecule has 1 N–H and O–H groups in total. The highest BCUT2D eigenvalue weighted by atomic mass is 32.2. The Morgan fingerprint density at radius 1 is 1.20 bits per heavy atom. The van der Waals surface area contributed by atoms with E-state index >= 15 is 0 Å². The fourth-order valence-corrected chi connectivity index (χ4v) is 5.69. The molecule has 11 heteroatoms. The molecule has 1 aromatic heterocycles. The van der Waals surface area contributed by atoms with E-state index in [0.29, 0.717) is 33.3 Å². The molecule has 35 heavy (non-hydrogen) atoms.